The lowest BCUT2D eigenvalue weighted by Crippen LogP contribution is -2.55. The third-order valence-electron chi connectivity index (χ3n) is 5.28. The van der Waals surface area contributed by atoms with Crippen LogP contribution in [0.5, 0.6) is 0 Å². The highest BCUT2D eigenvalue weighted by molar-refractivity contribution is 5.96. The number of aliphatic carboxylic acids is 1. The number of amides is 3. The fraction of sp³-hybridized carbons (Fsp3) is 0.526. The molecule has 1 heterocycles. The van der Waals surface area contributed by atoms with Gasteiger partial charge in [0.15, 0.2) is 0 Å². The fourth-order valence-corrected chi connectivity index (χ4v) is 3.74. The predicted octanol–water partition coefficient (Wildman–Crippen LogP) is 2.01. The highest BCUT2D eigenvalue weighted by atomic mass is 19.1. The Morgan fingerprint density at radius 1 is 1.36 bits per heavy atom. The molecule has 1 aliphatic carbocycles. The van der Waals surface area contributed by atoms with Crippen LogP contribution in [0.15, 0.2) is 18.2 Å². The number of hydrogen-bond donors (Lipinski definition) is 3. The molecule has 1 aliphatic heterocycles. The summed E-state index contributed by atoms with van der Waals surface area (Å²) < 4.78 is 14.3. The van der Waals surface area contributed by atoms with Crippen molar-refractivity contribution in [1.29, 1.82) is 0 Å². The van der Waals surface area contributed by atoms with Crippen LogP contribution in [0.3, 0.4) is 0 Å². The zero-order chi connectivity index (χ0) is 20.3. The summed E-state index contributed by atoms with van der Waals surface area (Å²) in [7, 11) is 0. The Balaban J connectivity index is 1.49. The highest BCUT2D eigenvalue weighted by Crippen LogP contribution is 2.28. The number of likely N-dealkylation sites (N-methyl/N-ethyl adjacent to an activating group) is 1. The molecule has 3 N–H and O–H groups in total. The van der Waals surface area contributed by atoms with E-state index in [4.69, 9.17) is 5.11 Å². The quantitative estimate of drug-likeness (QED) is 0.659. The first-order valence-corrected chi connectivity index (χ1v) is 9.50. The van der Waals surface area contributed by atoms with Crippen molar-refractivity contribution in [2.75, 3.05) is 29.9 Å². The molecule has 152 valence electrons. The number of urea groups is 1. The lowest BCUT2D eigenvalue weighted by molar-refractivity contribution is -0.139. The van der Waals surface area contributed by atoms with Gasteiger partial charge < -0.3 is 20.6 Å². The summed E-state index contributed by atoms with van der Waals surface area (Å²) in [6, 6.07) is 3.93. The van der Waals surface area contributed by atoms with Gasteiger partial charge in [-0.1, -0.05) is 6.92 Å². The third-order valence-corrected chi connectivity index (χ3v) is 5.28. The molecule has 1 aromatic carbocycles. The normalized spacial score (nSPS) is 21.5. The molecule has 0 atom stereocenters. The smallest absolute Gasteiger partial charge is 0.319 e. The molecular weight excluding hydrogens is 367 g/mol. The number of carboxylic acid groups (broad SMARTS) is 1. The molecule has 2 aliphatic rings. The Labute approximate surface area is 162 Å². The molecule has 1 aromatic rings. The van der Waals surface area contributed by atoms with Crippen LogP contribution in [-0.2, 0) is 9.59 Å². The molecule has 0 spiro atoms. The largest absolute Gasteiger partial charge is 0.480 e. The van der Waals surface area contributed by atoms with Crippen LogP contribution in [0.1, 0.15) is 32.6 Å². The SMILES string of the molecule is CCN(CC(=O)O)C1CC(NC(=O)Nc2ccc(N3CCCC3=O)c(F)c2)C1. The Bertz CT molecular complexity index is 766. The summed E-state index contributed by atoms with van der Waals surface area (Å²) in [5, 5.41) is 14.3. The van der Waals surface area contributed by atoms with Gasteiger partial charge in [-0.3, -0.25) is 14.5 Å². The van der Waals surface area contributed by atoms with Gasteiger partial charge in [0.1, 0.15) is 5.82 Å². The second-order valence-electron chi connectivity index (χ2n) is 7.19. The van der Waals surface area contributed by atoms with Crippen LogP contribution in [-0.4, -0.2) is 59.6 Å². The van der Waals surface area contributed by atoms with E-state index in [-0.39, 0.29) is 30.2 Å². The van der Waals surface area contributed by atoms with Crippen LogP contribution in [0.4, 0.5) is 20.6 Å². The van der Waals surface area contributed by atoms with E-state index in [9.17, 15) is 18.8 Å². The number of nitrogens with one attached hydrogen (secondary N) is 2. The molecule has 1 saturated heterocycles. The van der Waals surface area contributed by atoms with Crippen molar-refractivity contribution in [2.45, 2.75) is 44.7 Å². The zero-order valence-electron chi connectivity index (χ0n) is 15.8. The fourth-order valence-electron chi connectivity index (χ4n) is 3.74. The average molecular weight is 392 g/mol. The number of carbonyl (C=O) groups is 3. The van der Waals surface area contributed by atoms with Gasteiger partial charge in [0.2, 0.25) is 5.91 Å². The molecule has 0 aromatic heterocycles. The van der Waals surface area contributed by atoms with Crippen molar-refractivity contribution < 1.29 is 23.9 Å². The number of rotatable bonds is 7. The van der Waals surface area contributed by atoms with Crippen LogP contribution < -0.4 is 15.5 Å². The van der Waals surface area contributed by atoms with Crippen LogP contribution in [0.2, 0.25) is 0 Å². The topological polar surface area (TPSA) is 102 Å². The lowest BCUT2D eigenvalue weighted by Gasteiger charge is -2.42. The minimum atomic E-state index is -0.864. The number of anilines is 2. The van der Waals surface area contributed by atoms with Gasteiger partial charge in [0.25, 0.3) is 0 Å². The summed E-state index contributed by atoms with van der Waals surface area (Å²) in [5.41, 5.74) is 0.538. The maximum atomic E-state index is 14.3. The number of hydrogen-bond acceptors (Lipinski definition) is 4. The summed E-state index contributed by atoms with van der Waals surface area (Å²) in [4.78, 5) is 38.0. The van der Waals surface area contributed by atoms with Crippen LogP contribution in [0, 0.1) is 5.82 Å². The molecular formula is C19H25FN4O4. The van der Waals surface area contributed by atoms with E-state index < -0.39 is 17.8 Å². The molecule has 3 rings (SSSR count). The Morgan fingerprint density at radius 2 is 2.11 bits per heavy atom. The molecule has 2 fully saturated rings. The second kappa shape index (κ2) is 8.55. The molecule has 0 unspecified atom stereocenters. The lowest BCUT2D eigenvalue weighted by atomic mass is 9.85. The van der Waals surface area contributed by atoms with Gasteiger partial charge in [-0.25, -0.2) is 9.18 Å². The molecule has 1 saturated carbocycles. The monoisotopic (exact) mass is 392 g/mol. The highest BCUT2D eigenvalue weighted by Gasteiger charge is 2.34. The standard InChI is InChI=1S/C19H25FN4O4/c1-2-23(11-18(26)27)14-8-13(9-14)22-19(28)21-12-5-6-16(15(20)10-12)24-7-3-4-17(24)25/h5-6,10,13-14H,2-4,7-9,11H2,1H3,(H,26,27)(H2,21,22,28). The number of benzene rings is 1. The molecule has 0 radical (unpaired) electrons. The minimum Gasteiger partial charge on any atom is -0.480 e. The van der Waals surface area contributed by atoms with Gasteiger partial charge in [-0.05, 0) is 44.0 Å². The Morgan fingerprint density at radius 3 is 2.68 bits per heavy atom. The van der Waals surface area contributed by atoms with Crippen molar-refractivity contribution in [3.8, 4) is 0 Å². The summed E-state index contributed by atoms with van der Waals surface area (Å²) in [6.45, 7) is 3.04. The molecule has 3 amide bonds. The van der Waals surface area contributed by atoms with Crippen molar-refractivity contribution in [3.05, 3.63) is 24.0 Å². The van der Waals surface area contributed by atoms with Gasteiger partial charge in [-0.2, -0.15) is 0 Å². The number of carboxylic acids is 1. The molecule has 9 heteroatoms. The van der Waals surface area contributed by atoms with E-state index in [0.29, 0.717) is 44.5 Å². The van der Waals surface area contributed by atoms with Crippen LogP contribution in [0.25, 0.3) is 0 Å². The van der Waals surface area contributed by atoms with E-state index in [2.05, 4.69) is 10.6 Å². The van der Waals surface area contributed by atoms with Crippen molar-refractivity contribution in [3.63, 3.8) is 0 Å². The van der Waals surface area contributed by atoms with Crippen molar-refractivity contribution in [1.82, 2.24) is 10.2 Å². The van der Waals surface area contributed by atoms with Gasteiger partial charge >= 0.3 is 12.0 Å². The summed E-state index contributed by atoms with van der Waals surface area (Å²) in [6.07, 6.45) is 2.50. The maximum Gasteiger partial charge on any atom is 0.319 e. The minimum absolute atomic E-state index is 0.00870. The number of nitrogens with zero attached hydrogens (tertiary/aromatic N) is 2. The van der Waals surface area contributed by atoms with Crippen molar-refractivity contribution in [2.24, 2.45) is 0 Å². The maximum absolute atomic E-state index is 14.3. The van der Waals surface area contributed by atoms with E-state index in [1.165, 1.54) is 17.0 Å². The molecule has 0 bridgehead atoms. The first-order chi connectivity index (χ1) is 13.4. The Hall–Kier alpha value is -2.68. The van der Waals surface area contributed by atoms with Crippen LogP contribution >= 0.6 is 0 Å². The van der Waals surface area contributed by atoms with Gasteiger partial charge in [-0.15, -0.1) is 0 Å². The first-order valence-electron chi connectivity index (χ1n) is 9.50. The number of halogens is 1. The average Bonchev–Trinajstić information content (AvgIpc) is 3.01. The zero-order valence-corrected chi connectivity index (χ0v) is 15.8. The van der Waals surface area contributed by atoms with Crippen molar-refractivity contribution >= 4 is 29.3 Å². The Kier molecular flexibility index (Phi) is 6.13. The van der Waals surface area contributed by atoms with Gasteiger partial charge in [0.05, 0.1) is 12.2 Å². The third kappa shape index (κ3) is 4.59. The van der Waals surface area contributed by atoms with E-state index >= 15 is 0 Å². The molecule has 8 nitrogen and oxygen atoms in total. The predicted molar refractivity (Wildman–Crippen MR) is 102 cm³/mol. The van der Waals surface area contributed by atoms with Gasteiger partial charge in [0, 0.05) is 30.7 Å². The first kappa shape index (κ1) is 20.1. The number of carbonyl (C=O) groups excluding carboxylic acids is 2. The van der Waals surface area contributed by atoms with E-state index in [1.54, 1.807) is 6.07 Å². The van der Waals surface area contributed by atoms with E-state index in [1.807, 2.05) is 11.8 Å². The second-order valence-corrected chi connectivity index (χ2v) is 7.19. The van der Waals surface area contributed by atoms with E-state index in [0.717, 1.165) is 0 Å². The summed E-state index contributed by atoms with van der Waals surface area (Å²) >= 11 is 0. The molecule has 28 heavy (non-hydrogen) atoms. The summed E-state index contributed by atoms with van der Waals surface area (Å²) in [5.74, 6) is -1.51.